The van der Waals surface area contributed by atoms with Crippen molar-refractivity contribution in [2.24, 2.45) is 0 Å². The van der Waals surface area contributed by atoms with E-state index in [4.69, 9.17) is 11.6 Å². The SMILES string of the molecule is Cc1nc(N2CCN(c3ncc(Cl)cc3F)CC2)cc(-n2cccn2)n1. The molecule has 4 heterocycles. The van der Waals surface area contributed by atoms with Gasteiger partial charge in [0, 0.05) is 50.8 Å². The normalized spacial score (nSPS) is 14.7. The number of piperazine rings is 1. The molecule has 1 saturated heterocycles. The smallest absolute Gasteiger partial charge is 0.167 e. The molecule has 1 aliphatic heterocycles. The molecule has 0 radical (unpaired) electrons. The highest BCUT2D eigenvalue weighted by atomic mass is 35.5. The van der Waals surface area contributed by atoms with Gasteiger partial charge < -0.3 is 9.80 Å². The van der Waals surface area contributed by atoms with E-state index in [9.17, 15) is 4.39 Å². The highest BCUT2D eigenvalue weighted by Crippen LogP contribution is 2.23. The lowest BCUT2D eigenvalue weighted by atomic mass is 10.3. The van der Waals surface area contributed by atoms with Crippen molar-refractivity contribution in [3.05, 3.63) is 53.5 Å². The maximum absolute atomic E-state index is 14.1. The summed E-state index contributed by atoms with van der Waals surface area (Å²) < 4.78 is 15.8. The van der Waals surface area contributed by atoms with E-state index < -0.39 is 5.82 Å². The largest absolute Gasteiger partial charge is 0.353 e. The zero-order valence-corrected chi connectivity index (χ0v) is 14.9. The van der Waals surface area contributed by atoms with Crippen LogP contribution in [0.3, 0.4) is 0 Å². The Labute approximate surface area is 155 Å². The van der Waals surface area contributed by atoms with Crippen LogP contribution in [0.15, 0.2) is 36.8 Å². The van der Waals surface area contributed by atoms with Crippen molar-refractivity contribution in [1.29, 1.82) is 0 Å². The summed E-state index contributed by atoms with van der Waals surface area (Å²) in [6.45, 7) is 4.56. The molecule has 9 heteroatoms. The van der Waals surface area contributed by atoms with E-state index in [1.165, 1.54) is 12.3 Å². The van der Waals surface area contributed by atoms with Gasteiger partial charge in [-0.25, -0.2) is 24.0 Å². The molecule has 0 unspecified atom stereocenters. The maximum atomic E-state index is 14.1. The van der Waals surface area contributed by atoms with Crippen molar-refractivity contribution in [2.45, 2.75) is 6.92 Å². The molecule has 0 bridgehead atoms. The van der Waals surface area contributed by atoms with Gasteiger partial charge in [0.25, 0.3) is 0 Å². The number of rotatable bonds is 3. The van der Waals surface area contributed by atoms with Crippen molar-refractivity contribution in [1.82, 2.24) is 24.7 Å². The lowest BCUT2D eigenvalue weighted by Gasteiger charge is -2.36. The fourth-order valence-corrected chi connectivity index (χ4v) is 3.15. The van der Waals surface area contributed by atoms with Gasteiger partial charge in [-0.15, -0.1) is 0 Å². The first-order valence-electron chi connectivity index (χ1n) is 8.27. The molecule has 7 nitrogen and oxygen atoms in total. The number of pyridine rings is 1. The van der Waals surface area contributed by atoms with Crippen LogP contribution in [0.2, 0.25) is 5.02 Å². The number of aryl methyl sites for hydroxylation is 1. The van der Waals surface area contributed by atoms with Crippen molar-refractivity contribution in [2.75, 3.05) is 36.0 Å². The van der Waals surface area contributed by atoms with E-state index in [1.54, 1.807) is 10.9 Å². The zero-order valence-electron chi connectivity index (χ0n) is 14.2. The van der Waals surface area contributed by atoms with E-state index in [0.29, 0.717) is 42.8 Å². The first-order chi connectivity index (χ1) is 12.6. The molecular weight excluding hydrogens is 357 g/mol. The van der Waals surface area contributed by atoms with Crippen LogP contribution in [-0.4, -0.2) is 50.9 Å². The Kier molecular flexibility index (Phi) is 4.42. The molecule has 1 aliphatic rings. The summed E-state index contributed by atoms with van der Waals surface area (Å²) in [6, 6.07) is 5.06. The molecule has 0 amide bonds. The molecule has 1 fully saturated rings. The molecule has 0 atom stereocenters. The Balaban J connectivity index is 1.51. The average molecular weight is 374 g/mol. The van der Waals surface area contributed by atoms with Crippen LogP contribution in [0.4, 0.5) is 16.0 Å². The van der Waals surface area contributed by atoms with E-state index >= 15 is 0 Å². The Morgan fingerprint density at radius 1 is 1.04 bits per heavy atom. The molecule has 0 saturated carbocycles. The second-order valence-electron chi connectivity index (χ2n) is 6.02. The van der Waals surface area contributed by atoms with Crippen molar-refractivity contribution in [3.63, 3.8) is 0 Å². The molecule has 26 heavy (non-hydrogen) atoms. The number of aromatic nitrogens is 5. The molecule has 3 aromatic heterocycles. The Morgan fingerprint density at radius 2 is 1.77 bits per heavy atom. The molecular formula is C17H17ClFN7. The van der Waals surface area contributed by atoms with Crippen LogP contribution in [0.25, 0.3) is 5.82 Å². The molecule has 4 rings (SSSR count). The lowest BCUT2D eigenvalue weighted by molar-refractivity contribution is 0.586. The number of anilines is 2. The van der Waals surface area contributed by atoms with Crippen molar-refractivity contribution in [3.8, 4) is 5.82 Å². The number of halogens is 2. The minimum Gasteiger partial charge on any atom is -0.353 e. The molecule has 3 aromatic rings. The van der Waals surface area contributed by atoms with Gasteiger partial charge in [-0.1, -0.05) is 11.6 Å². The lowest BCUT2D eigenvalue weighted by Crippen LogP contribution is -2.47. The summed E-state index contributed by atoms with van der Waals surface area (Å²) >= 11 is 5.78. The minimum atomic E-state index is -0.398. The first-order valence-corrected chi connectivity index (χ1v) is 8.64. The van der Waals surface area contributed by atoms with Gasteiger partial charge in [-0.3, -0.25) is 0 Å². The van der Waals surface area contributed by atoms with Crippen LogP contribution in [-0.2, 0) is 0 Å². The van der Waals surface area contributed by atoms with Gasteiger partial charge in [-0.05, 0) is 19.1 Å². The van der Waals surface area contributed by atoms with E-state index in [2.05, 4.69) is 25.0 Å². The molecule has 0 aromatic carbocycles. The van der Waals surface area contributed by atoms with E-state index in [-0.39, 0.29) is 0 Å². The van der Waals surface area contributed by atoms with Gasteiger partial charge in [0.1, 0.15) is 11.6 Å². The van der Waals surface area contributed by atoms with Crippen molar-refractivity contribution >= 4 is 23.2 Å². The van der Waals surface area contributed by atoms with Gasteiger partial charge in [0.15, 0.2) is 17.5 Å². The second kappa shape index (κ2) is 6.87. The Hall–Kier alpha value is -2.74. The summed E-state index contributed by atoms with van der Waals surface area (Å²) in [5, 5.41) is 4.52. The van der Waals surface area contributed by atoms with Crippen LogP contribution >= 0.6 is 11.6 Å². The number of hydrogen-bond donors (Lipinski definition) is 0. The topological polar surface area (TPSA) is 63.0 Å². The predicted octanol–water partition coefficient (Wildman–Crippen LogP) is 2.48. The third-order valence-electron chi connectivity index (χ3n) is 4.24. The molecule has 0 aliphatic carbocycles. The quantitative estimate of drug-likeness (QED) is 0.703. The number of nitrogens with zero attached hydrogens (tertiary/aromatic N) is 7. The van der Waals surface area contributed by atoms with Crippen LogP contribution < -0.4 is 9.80 Å². The molecule has 134 valence electrons. The monoisotopic (exact) mass is 373 g/mol. The highest BCUT2D eigenvalue weighted by Gasteiger charge is 2.22. The summed E-state index contributed by atoms with van der Waals surface area (Å²) in [4.78, 5) is 17.2. The standard InChI is InChI=1S/C17H17ClFN7/c1-12-22-15(10-16(23-12)26-4-2-3-21-26)24-5-7-25(8-6-24)17-14(19)9-13(18)11-20-17/h2-4,9-11H,5-8H2,1H3. The fourth-order valence-electron chi connectivity index (χ4n) is 3.01. The predicted molar refractivity (Wildman–Crippen MR) is 97.5 cm³/mol. The first kappa shape index (κ1) is 16.7. The van der Waals surface area contributed by atoms with Gasteiger partial charge in [-0.2, -0.15) is 5.10 Å². The molecule has 0 N–H and O–H groups in total. The van der Waals surface area contributed by atoms with Crippen LogP contribution in [0.1, 0.15) is 5.82 Å². The number of hydrogen-bond acceptors (Lipinski definition) is 6. The third kappa shape index (κ3) is 3.32. The van der Waals surface area contributed by atoms with Crippen LogP contribution in [0.5, 0.6) is 0 Å². The van der Waals surface area contributed by atoms with Crippen LogP contribution in [0, 0.1) is 12.7 Å². The summed E-state index contributed by atoms with van der Waals surface area (Å²) in [6.07, 6.45) is 5.03. The average Bonchev–Trinajstić information content (AvgIpc) is 3.16. The summed E-state index contributed by atoms with van der Waals surface area (Å²) in [5.41, 5.74) is 0. The molecule has 0 spiro atoms. The minimum absolute atomic E-state index is 0.299. The van der Waals surface area contributed by atoms with E-state index in [1.807, 2.05) is 30.2 Å². The second-order valence-corrected chi connectivity index (χ2v) is 6.45. The third-order valence-corrected chi connectivity index (χ3v) is 4.45. The highest BCUT2D eigenvalue weighted by molar-refractivity contribution is 6.30. The zero-order chi connectivity index (χ0) is 18.1. The van der Waals surface area contributed by atoms with Gasteiger partial charge >= 0.3 is 0 Å². The Morgan fingerprint density at radius 3 is 2.46 bits per heavy atom. The van der Waals surface area contributed by atoms with E-state index in [0.717, 1.165) is 11.6 Å². The van der Waals surface area contributed by atoms with Gasteiger partial charge in [0.05, 0.1) is 5.02 Å². The maximum Gasteiger partial charge on any atom is 0.167 e. The Bertz CT molecular complexity index is 907. The van der Waals surface area contributed by atoms with Crippen molar-refractivity contribution < 1.29 is 4.39 Å². The summed E-state index contributed by atoms with van der Waals surface area (Å²) in [7, 11) is 0. The van der Waals surface area contributed by atoms with Gasteiger partial charge in [0.2, 0.25) is 0 Å². The summed E-state index contributed by atoms with van der Waals surface area (Å²) in [5.74, 6) is 2.19. The fraction of sp³-hybridized carbons (Fsp3) is 0.294.